The van der Waals surface area contributed by atoms with Gasteiger partial charge in [-0.15, -0.1) is 0 Å². The fourth-order valence-electron chi connectivity index (χ4n) is 4.32. The Morgan fingerprint density at radius 2 is 2.04 bits per heavy atom. The summed E-state index contributed by atoms with van der Waals surface area (Å²) in [6.45, 7) is 6.78. The summed E-state index contributed by atoms with van der Waals surface area (Å²) in [6, 6.07) is 7.59. The molecule has 2 aliphatic rings. The highest BCUT2D eigenvalue weighted by Crippen LogP contribution is 2.45. The first-order valence-corrected chi connectivity index (χ1v) is 9.29. The number of hydrogen-bond donors (Lipinski definition) is 0. The summed E-state index contributed by atoms with van der Waals surface area (Å²) in [5.41, 5.74) is 0.871. The maximum atomic E-state index is 13.2. The zero-order chi connectivity index (χ0) is 17.9. The maximum Gasteiger partial charge on any atom is 0.257 e. The lowest BCUT2D eigenvalue weighted by molar-refractivity contribution is -0.00452. The average Bonchev–Trinajstić information content (AvgIpc) is 2.93. The number of likely N-dealkylation sites (tertiary alicyclic amines) is 1. The van der Waals surface area contributed by atoms with Gasteiger partial charge in [0, 0.05) is 32.8 Å². The van der Waals surface area contributed by atoms with Gasteiger partial charge in [0.25, 0.3) is 5.91 Å². The van der Waals surface area contributed by atoms with Crippen LogP contribution >= 0.6 is 0 Å². The monoisotopic (exact) mass is 346 g/mol. The van der Waals surface area contributed by atoms with E-state index in [1.807, 2.05) is 36.1 Å². The first-order valence-electron chi connectivity index (χ1n) is 9.29. The number of ether oxygens (including phenoxy) is 2. The number of carbonyl (C=O) groups excluding carboxylic acids is 1. The van der Waals surface area contributed by atoms with Gasteiger partial charge in [-0.25, -0.2) is 0 Å². The summed E-state index contributed by atoms with van der Waals surface area (Å²) >= 11 is 0. The lowest BCUT2D eigenvalue weighted by Gasteiger charge is -2.38. The van der Waals surface area contributed by atoms with Crippen LogP contribution in [0.3, 0.4) is 0 Å². The molecule has 0 bridgehead atoms. The predicted octanol–water partition coefficient (Wildman–Crippen LogP) is 2.52. The number of carbonyl (C=O) groups is 1. The Morgan fingerprint density at radius 1 is 1.32 bits per heavy atom. The van der Waals surface area contributed by atoms with Crippen molar-refractivity contribution in [2.24, 2.45) is 11.3 Å². The Morgan fingerprint density at radius 3 is 2.72 bits per heavy atom. The highest BCUT2D eigenvalue weighted by molar-refractivity contribution is 5.97. The van der Waals surface area contributed by atoms with Crippen LogP contribution in [0.15, 0.2) is 24.3 Å². The molecule has 25 heavy (non-hydrogen) atoms. The minimum atomic E-state index is 0.0937. The van der Waals surface area contributed by atoms with Crippen molar-refractivity contribution in [2.45, 2.75) is 19.8 Å². The standard InChI is InChI=1S/C20H30N2O3/c1-4-25-18-8-6-5-7-17(18)19(23)22-14-16(13-21(2)3)20(15-22)9-11-24-12-10-20/h5-8,16H,4,9-15H2,1-3H3/t16-/m1/s1. The van der Waals surface area contributed by atoms with Crippen LogP contribution in [0.5, 0.6) is 5.75 Å². The summed E-state index contributed by atoms with van der Waals surface area (Å²) in [6.07, 6.45) is 2.09. The Balaban J connectivity index is 1.82. The molecule has 1 atom stereocenters. The molecule has 5 heteroatoms. The molecule has 0 radical (unpaired) electrons. The second-order valence-electron chi connectivity index (χ2n) is 7.55. The van der Waals surface area contributed by atoms with Gasteiger partial charge in [0.15, 0.2) is 0 Å². The summed E-state index contributed by atoms with van der Waals surface area (Å²) < 4.78 is 11.3. The molecule has 2 saturated heterocycles. The molecule has 1 amide bonds. The van der Waals surface area contributed by atoms with Crippen molar-refractivity contribution in [3.8, 4) is 5.75 Å². The summed E-state index contributed by atoms with van der Waals surface area (Å²) in [7, 11) is 4.23. The number of rotatable bonds is 5. The Hall–Kier alpha value is -1.59. The van der Waals surface area contributed by atoms with E-state index >= 15 is 0 Å². The summed E-state index contributed by atoms with van der Waals surface area (Å²) in [4.78, 5) is 17.5. The van der Waals surface area contributed by atoms with E-state index in [2.05, 4.69) is 19.0 Å². The van der Waals surface area contributed by atoms with Crippen LogP contribution in [0, 0.1) is 11.3 Å². The van der Waals surface area contributed by atoms with E-state index in [1.54, 1.807) is 0 Å². The van der Waals surface area contributed by atoms with Gasteiger partial charge in [-0.3, -0.25) is 4.79 Å². The molecule has 2 heterocycles. The number of amides is 1. The highest BCUT2D eigenvalue weighted by Gasteiger charge is 2.48. The van der Waals surface area contributed by atoms with E-state index in [9.17, 15) is 4.79 Å². The lowest BCUT2D eigenvalue weighted by atomic mass is 9.72. The van der Waals surface area contributed by atoms with Gasteiger partial charge in [-0.1, -0.05) is 12.1 Å². The third kappa shape index (κ3) is 3.82. The van der Waals surface area contributed by atoms with Gasteiger partial charge in [-0.05, 0) is 57.3 Å². The van der Waals surface area contributed by atoms with Crippen LogP contribution < -0.4 is 4.74 Å². The van der Waals surface area contributed by atoms with Crippen molar-refractivity contribution in [1.29, 1.82) is 0 Å². The Bertz CT molecular complexity index is 596. The van der Waals surface area contributed by atoms with Crippen molar-refractivity contribution in [3.05, 3.63) is 29.8 Å². The minimum absolute atomic E-state index is 0.0937. The van der Waals surface area contributed by atoms with E-state index in [-0.39, 0.29) is 11.3 Å². The molecule has 5 nitrogen and oxygen atoms in total. The van der Waals surface area contributed by atoms with Crippen molar-refractivity contribution in [1.82, 2.24) is 9.80 Å². The van der Waals surface area contributed by atoms with E-state index in [0.29, 0.717) is 23.8 Å². The first kappa shape index (κ1) is 18.2. The molecule has 138 valence electrons. The molecule has 2 aliphatic heterocycles. The quantitative estimate of drug-likeness (QED) is 0.822. The zero-order valence-electron chi connectivity index (χ0n) is 15.7. The minimum Gasteiger partial charge on any atom is -0.493 e. The molecule has 1 aromatic carbocycles. The van der Waals surface area contributed by atoms with Crippen molar-refractivity contribution < 1.29 is 14.3 Å². The molecular weight excluding hydrogens is 316 g/mol. The molecule has 0 N–H and O–H groups in total. The smallest absolute Gasteiger partial charge is 0.257 e. The highest BCUT2D eigenvalue weighted by atomic mass is 16.5. The van der Waals surface area contributed by atoms with Gasteiger partial charge < -0.3 is 19.3 Å². The van der Waals surface area contributed by atoms with Gasteiger partial charge in [0.05, 0.1) is 12.2 Å². The fourth-order valence-corrected chi connectivity index (χ4v) is 4.32. The van der Waals surface area contributed by atoms with Gasteiger partial charge in [-0.2, -0.15) is 0 Å². The molecule has 3 rings (SSSR count). The van der Waals surface area contributed by atoms with Crippen molar-refractivity contribution in [2.75, 3.05) is 53.6 Å². The molecule has 1 aromatic rings. The van der Waals surface area contributed by atoms with E-state index in [4.69, 9.17) is 9.47 Å². The third-order valence-electron chi connectivity index (χ3n) is 5.59. The maximum absolute atomic E-state index is 13.2. The van der Waals surface area contributed by atoms with E-state index < -0.39 is 0 Å². The van der Waals surface area contributed by atoms with E-state index in [1.165, 1.54) is 0 Å². The molecule has 2 fully saturated rings. The molecule has 0 unspecified atom stereocenters. The van der Waals surface area contributed by atoms with Crippen LogP contribution in [0.25, 0.3) is 0 Å². The average molecular weight is 346 g/mol. The Labute approximate surface area is 150 Å². The molecule has 0 aromatic heterocycles. The van der Waals surface area contributed by atoms with Crippen LogP contribution in [-0.4, -0.2) is 69.3 Å². The van der Waals surface area contributed by atoms with Crippen molar-refractivity contribution in [3.63, 3.8) is 0 Å². The van der Waals surface area contributed by atoms with Crippen LogP contribution in [0.2, 0.25) is 0 Å². The fraction of sp³-hybridized carbons (Fsp3) is 0.650. The second kappa shape index (κ2) is 7.75. The number of hydrogen-bond acceptors (Lipinski definition) is 4. The SMILES string of the molecule is CCOc1ccccc1C(=O)N1C[C@@H](CN(C)C)C2(CCOCC2)C1. The largest absolute Gasteiger partial charge is 0.493 e. The molecule has 0 aliphatic carbocycles. The van der Waals surface area contributed by atoms with Crippen LogP contribution in [0.4, 0.5) is 0 Å². The second-order valence-corrected chi connectivity index (χ2v) is 7.55. The molecular formula is C20H30N2O3. The lowest BCUT2D eigenvalue weighted by Crippen LogP contribution is -2.40. The summed E-state index contributed by atoms with van der Waals surface area (Å²) in [5, 5.41) is 0. The zero-order valence-corrected chi connectivity index (χ0v) is 15.7. The normalized spacial score (nSPS) is 22.6. The number of benzene rings is 1. The van der Waals surface area contributed by atoms with Crippen LogP contribution in [-0.2, 0) is 4.74 Å². The van der Waals surface area contributed by atoms with E-state index in [0.717, 1.165) is 45.7 Å². The van der Waals surface area contributed by atoms with Gasteiger partial charge >= 0.3 is 0 Å². The van der Waals surface area contributed by atoms with Gasteiger partial charge in [0.2, 0.25) is 0 Å². The molecule has 1 spiro atoms. The van der Waals surface area contributed by atoms with Crippen molar-refractivity contribution >= 4 is 5.91 Å². The third-order valence-corrected chi connectivity index (χ3v) is 5.59. The molecule has 0 saturated carbocycles. The topological polar surface area (TPSA) is 42.0 Å². The number of para-hydroxylation sites is 1. The number of nitrogens with zero attached hydrogens (tertiary/aromatic N) is 2. The van der Waals surface area contributed by atoms with Crippen LogP contribution in [0.1, 0.15) is 30.1 Å². The Kier molecular flexibility index (Phi) is 5.64. The van der Waals surface area contributed by atoms with Gasteiger partial charge in [0.1, 0.15) is 5.75 Å². The first-order chi connectivity index (χ1) is 12.1. The summed E-state index contributed by atoms with van der Waals surface area (Å²) in [5.74, 6) is 1.28. The predicted molar refractivity (Wildman–Crippen MR) is 98.0 cm³/mol.